The second kappa shape index (κ2) is 7.01. The van der Waals surface area contributed by atoms with Crippen LogP contribution in [0.3, 0.4) is 0 Å². The maximum atomic E-state index is 12.2. The number of ether oxygens (including phenoxy) is 2. The number of hydrogen-bond donors (Lipinski definition) is 0. The molecule has 0 radical (unpaired) electrons. The molecule has 0 unspecified atom stereocenters. The van der Waals surface area contributed by atoms with E-state index in [9.17, 15) is 13.2 Å². The van der Waals surface area contributed by atoms with Crippen molar-refractivity contribution in [2.75, 3.05) is 18.3 Å². The van der Waals surface area contributed by atoms with Crippen LogP contribution in [-0.2, 0) is 21.2 Å². The molecule has 0 saturated carbocycles. The molecule has 0 N–H and O–H groups in total. The molecule has 27 heavy (non-hydrogen) atoms. The molecule has 2 fully saturated rings. The predicted molar refractivity (Wildman–Crippen MR) is 104 cm³/mol. The molecule has 4 rings (SSSR count). The SMILES string of the molecule is CC(C)CC(=O)N=C1S[C@H]2CS(=O)(=O)C[C@H]2N1Cc1ccc2c(c1)OCO2. The van der Waals surface area contributed by atoms with Crippen LogP contribution in [0.1, 0.15) is 25.8 Å². The molecule has 3 heterocycles. The Morgan fingerprint density at radius 3 is 2.85 bits per heavy atom. The number of amidine groups is 1. The fraction of sp³-hybridized carbons (Fsp3) is 0.556. The molecule has 1 amide bonds. The zero-order valence-corrected chi connectivity index (χ0v) is 16.9. The van der Waals surface area contributed by atoms with E-state index in [4.69, 9.17) is 9.47 Å². The summed E-state index contributed by atoms with van der Waals surface area (Å²) in [6.07, 6.45) is 0.384. The quantitative estimate of drug-likeness (QED) is 0.751. The Hall–Kier alpha value is -1.74. The zero-order valence-electron chi connectivity index (χ0n) is 15.3. The molecular formula is C18H22N2O5S2. The van der Waals surface area contributed by atoms with Crippen LogP contribution in [0.15, 0.2) is 23.2 Å². The van der Waals surface area contributed by atoms with Gasteiger partial charge >= 0.3 is 0 Å². The highest BCUT2D eigenvalue weighted by Gasteiger charge is 2.48. The van der Waals surface area contributed by atoms with Gasteiger partial charge in [0, 0.05) is 18.2 Å². The average molecular weight is 411 g/mol. The Morgan fingerprint density at radius 1 is 1.30 bits per heavy atom. The molecule has 0 aliphatic carbocycles. The number of thioether (sulfide) groups is 1. The van der Waals surface area contributed by atoms with Crippen LogP contribution in [-0.4, -0.2) is 54.0 Å². The van der Waals surface area contributed by atoms with E-state index < -0.39 is 9.84 Å². The van der Waals surface area contributed by atoms with Crippen LogP contribution < -0.4 is 9.47 Å². The molecule has 0 aromatic heterocycles. The number of rotatable bonds is 4. The molecule has 0 spiro atoms. The van der Waals surface area contributed by atoms with Crippen LogP contribution >= 0.6 is 11.8 Å². The summed E-state index contributed by atoms with van der Waals surface area (Å²) in [7, 11) is -3.06. The lowest BCUT2D eigenvalue weighted by atomic mass is 10.1. The second-order valence-electron chi connectivity index (χ2n) is 7.50. The number of amides is 1. The lowest BCUT2D eigenvalue weighted by Crippen LogP contribution is -2.37. The van der Waals surface area contributed by atoms with Crippen LogP contribution in [0.5, 0.6) is 11.5 Å². The first kappa shape index (κ1) is 18.6. The second-order valence-corrected chi connectivity index (χ2v) is 10.9. The normalized spacial score (nSPS) is 26.8. The van der Waals surface area contributed by atoms with Gasteiger partial charge in [0.05, 0.1) is 17.5 Å². The maximum absolute atomic E-state index is 12.2. The number of carbonyl (C=O) groups is 1. The van der Waals surface area contributed by atoms with Crippen LogP contribution in [0.2, 0.25) is 0 Å². The van der Waals surface area contributed by atoms with Gasteiger partial charge in [0.15, 0.2) is 26.5 Å². The number of hydrogen-bond acceptors (Lipinski definition) is 6. The van der Waals surface area contributed by atoms with E-state index in [0.29, 0.717) is 29.6 Å². The number of benzene rings is 1. The molecule has 3 aliphatic heterocycles. The van der Waals surface area contributed by atoms with Crippen LogP contribution in [0.25, 0.3) is 0 Å². The minimum atomic E-state index is -3.06. The van der Waals surface area contributed by atoms with Crippen molar-refractivity contribution >= 4 is 32.7 Å². The van der Waals surface area contributed by atoms with Crippen LogP contribution in [0.4, 0.5) is 0 Å². The maximum Gasteiger partial charge on any atom is 0.248 e. The molecule has 9 heteroatoms. The average Bonchev–Trinajstić information content (AvgIpc) is 3.21. The first-order chi connectivity index (χ1) is 12.8. The Bertz CT molecular complexity index is 897. The van der Waals surface area contributed by atoms with E-state index in [2.05, 4.69) is 4.99 Å². The third-order valence-electron chi connectivity index (χ3n) is 4.77. The van der Waals surface area contributed by atoms with Crippen molar-refractivity contribution in [3.05, 3.63) is 23.8 Å². The molecule has 146 valence electrons. The third-order valence-corrected chi connectivity index (χ3v) is 8.02. The van der Waals surface area contributed by atoms with Crippen LogP contribution in [0, 0.1) is 5.92 Å². The van der Waals surface area contributed by atoms with Crippen molar-refractivity contribution < 1.29 is 22.7 Å². The summed E-state index contributed by atoms with van der Waals surface area (Å²) in [5.74, 6) is 1.70. The summed E-state index contributed by atoms with van der Waals surface area (Å²) in [6, 6.07) is 5.53. The molecule has 1 aromatic rings. The molecule has 0 bridgehead atoms. The number of sulfone groups is 1. The monoisotopic (exact) mass is 410 g/mol. The van der Waals surface area contributed by atoms with Gasteiger partial charge in [-0.1, -0.05) is 31.7 Å². The van der Waals surface area contributed by atoms with Gasteiger partial charge in [0.25, 0.3) is 0 Å². The molecule has 2 saturated heterocycles. The van der Waals surface area contributed by atoms with Gasteiger partial charge in [0.1, 0.15) is 0 Å². The van der Waals surface area contributed by atoms with Crippen molar-refractivity contribution in [3.8, 4) is 11.5 Å². The number of aliphatic imine (C=N–C) groups is 1. The van der Waals surface area contributed by atoms with E-state index in [0.717, 1.165) is 5.56 Å². The minimum Gasteiger partial charge on any atom is -0.454 e. The summed E-state index contributed by atoms with van der Waals surface area (Å²) >= 11 is 1.41. The van der Waals surface area contributed by atoms with Crippen molar-refractivity contribution in [1.82, 2.24) is 4.90 Å². The summed E-state index contributed by atoms with van der Waals surface area (Å²) < 4.78 is 34.9. The lowest BCUT2D eigenvalue weighted by molar-refractivity contribution is -0.118. The summed E-state index contributed by atoms with van der Waals surface area (Å²) in [5, 5.41) is 0.554. The Morgan fingerprint density at radius 2 is 2.07 bits per heavy atom. The van der Waals surface area contributed by atoms with Gasteiger partial charge in [-0.3, -0.25) is 4.79 Å². The summed E-state index contributed by atoms with van der Waals surface area (Å²) in [5.41, 5.74) is 0.966. The van der Waals surface area contributed by atoms with Gasteiger partial charge in [-0.2, -0.15) is 4.99 Å². The third kappa shape index (κ3) is 3.94. The van der Waals surface area contributed by atoms with Crippen molar-refractivity contribution in [2.24, 2.45) is 10.9 Å². The largest absolute Gasteiger partial charge is 0.454 e. The fourth-order valence-electron chi connectivity index (χ4n) is 3.56. The number of carbonyl (C=O) groups excluding carboxylic acids is 1. The Kier molecular flexibility index (Phi) is 4.84. The highest BCUT2D eigenvalue weighted by Crippen LogP contribution is 2.40. The van der Waals surface area contributed by atoms with Crippen molar-refractivity contribution in [2.45, 2.75) is 38.1 Å². The van der Waals surface area contributed by atoms with Crippen molar-refractivity contribution in [1.29, 1.82) is 0 Å². The van der Waals surface area contributed by atoms with Gasteiger partial charge in [-0.25, -0.2) is 8.42 Å². The van der Waals surface area contributed by atoms with Gasteiger partial charge in [-0.05, 0) is 23.6 Å². The van der Waals surface area contributed by atoms with E-state index in [1.165, 1.54) is 11.8 Å². The first-order valence-electron chi connectivity index (χ1n) is 8.94. The van der Waals surface area contributed by atoms with Gasteiger partial charge in [-0.15, -0.1) is 0 Å². The minimum absolute atomic E-state index is 0.0744. The fourth-order valence-corrected chi connectivity index (χ4v) is 7.53. The van der Waals surface area contributed by atoms with Crippen molar-refractivity contribution in [3.63, 3.8) is 0 Å². The first-order valence-corrected chi connectivity index (χ1v) is 11.6. The predicted octanol–water partition coefficient (Wildman–Crippen LogP) is 2.06. The molecule has 2 atom stereocenters. The topological polar surface area (TPSA) is 85.3 Å². The molecular weight excluding hydrogens is 388 g/mol. The lowest BCUT2D eigenvalue weighted by Gasteiger charge is -2.24. The van der Waals surface area contributed by atoms with Gasteiger partial charge < -0.3 is 14.4 Å². The number of fused-ring (bicyclic) bond motifs is 2. The molecule has 1 aromatic carbocycles. The molecule has 7 nitrogen and oxygen atoms in total. The number of nitrogens with zero attached hydrogens (tertiary/aromatic N) is 2. The Labute approximate surface area is 163 Å². The summed E-state index contributed by atoms with van der Waals surface area (Å²) in [4.78, 5) is 18.5. The van der Waals surface area contributed by atoms with E-state index in [1.807, 2.05) is 36.9 Å². The highest BCUT2D eigenvalue weighted by atomic mass is 32.2. The Balaban J connectivity index is 1.60. The van der Waals surface area contributed by atoms with E-state index in [1.54, 1.807) is 0 Å². The highest BCUT2D eigenvalue weighted by molar-refractivity contribution is 8.15. The van der Waals surface area contributed by atoms with E-state index in [-0.39, 0.29) is 41.4 Å². The molecule has 3 aliphatic rings. The zero-order chi connectivity index (χ0) is 19.2. The summed E-state index contributed by atoms with van der Waals surface area (Å²) in [6.45, 7) is 4.64. The smallest absolute Gasteiger partial charge is 0.248 e. The van der Waals surface area contributed by atoms with Gasteiger partial charge in [0.2, 0.25) is 12.7 Å². The van der Waals surface area contributed by atoms with E-state index >= 15 is 0 Å². The standard InChI is InChI=1S/C18H22N2O5S2/c1-11(2)5-17(21)19-18-20(13-8-27(22,23)9-16(13)26-18)7-12-3-4-14-15(6-12)25-10-24-14/h3-4,6,11,13,16H,5,7-10H2,1-2H3/t13-,16+/m1/s1.